The van der Waals surface area contributed by atoms with Crippen LogP contribution in [0.15, 0.2) is 12.1 Å². The number of hydrogen-bond donors (Lipinski definition) is 1. The summed E-state index contributed by atoms with van der Waals surface area (Å²) in [5, 5.41) is 10.5. The number of aromatic hydroxyl groups is 1. The maximum absolute atomic E-state index is 11.4. The van der Waals surface area contributed by atoms with Crippen molar-refractivity contribution in [2.24, 2.45) is 0 Å². The third kappa shape index (κ3) is 4.26. The zero-order chi connectivity index (χ0) is 16.4. The van der Waals surface area contributed by atoms with Crippen molar-refractivity contribution in [3.63, 3.8) is 0 Å². The normalized spacial score (nSPS) is 14.0. The smallest absolute Gasteiger partial charge is 0.137 e. The molecule has 1 rings (SSSR count). The Hall–Kier alpha value is -0.960. The van der Waals surface area contributed by atoms with E-state index in [4.69, 9.17) is 0 Å². The Balaban J connectivity index is 3.57. The van der Waals surface area contributed by atoms with Crippen LogP contribution in [-0.2, 0) is 15.6 Å². The first-order valence-electron chi connectivity index (χ1n) is 7.47. The Bertz CT molecular complexity index is 472. The molecule has 0 aliphatic rings. The predicted molar refractivity (Wildman–Crippen MR) is 92.4 cm³/mol. The molecule has 0 aliphatic heterocycles. The highest BCUT2D eigenvalue weighted by Gasteiger charge is 2.28. The Morgan fingerprint density at radius 1 is 1.10 bits per heavy atom. The fourth-order valence-corrected chi connectivity index (χ4v) is 3.12. The number of rotatable bonds is 4. The molecule has 0 amide bonds. The maximum Gasteiger partial charge on any atom is 0.137 e. The molecular weight excluding hydrogens is 280 g/mol. The molecule has 1 aromatic rings. The van der Waals surface area contributed by atoms with Gasteiger partial charge in [0, 0.05) is 0 Å². The second-order valence-electron chi connectivity index (χ2n) is 7.48. The third-order valence-electron chi connectivity index (χ3n) is 3.55. The van der Waals surface area contributed by atoms with Gasteiger partial charge in [-0.25, -0.2) is 0 Å². The standard InChI is InChI=1S/C18H28O2S/c1-8-21-15(11-19)12-9-13(17(2,3)4)16(20)14(10-12)18(5,6)7/h9-11,15,20H,8H2,1-7H3. The largest absolute Gasteiger partial charge is 0.507 e. The molecule has 0 fully saturated rings. The SMILES string of the molecule is CCSC(C=O)c1cc(C(C)(C)C)c(O)c(C(C)(C)C)c1. The lowest BCUT2D eigenvalue weighted by Gasteiger charge is -2.29. The number of thioether (sulfide) groups is 1. The van der Waals surface area contributed by atoms with Crippen LogP contribution in [0.1, 0.15) is 70.4 Å². The number of benzene rings is 1. The summed E-state index contributed by atoms with van der Waals surface area (Å²) in [5.41, 5.74) is 2.49. The van der Waals surface area contributed by atoms with E-state index >= 15 is 0 Å². The number of carbonyl (C=O) groups is 1. The first kappa shape index (κ1) is 18.1. The first-order chi connectivity index (χ1) is 9.52. The van der Waals surface area contributed by atoms with E-state index in [9.17, 15) is 9.90 Å². The van der Waals surface area contributed by atoms with Crippen molar-refractivity contribution >= 4 is 18.0 Å². The van der Waals surface area contributed by atoms with Crippen LogP contribution in [-0.4, -0.2) is 17.1 Å². The average Bonchev–Trinajstić information content (AvgIpc) is 2.33. The molecule has 3 heteroatoms. The van der Waals surface area contributed by atoms with Gasteiger partial charge >= 0.3 is 0 Å². The molecule has 0 bridgehead atoms. The van der Waals surface area contributed by atoms with Gasteiger partial charge in [-0.15, -0.1) is 11.8 Å². The summed E-state index contributed by atoms with van der Waals surface area (Å²) in [6.07, 6.45) is 0.999. The second kappa shape index (κ2) is 6.43. The van der Waals surface area contributed by atoms with Gasteiger partial charge in [-0.05, 0) is 33.3 Å². The first-order valence-corrected chi connectivity index (χ1v) is 8.52. The van der Waals surface area contributed by atoms with Crippen LogP contribution in [0, 0.1) is 0 Å². The topological polar surface area (TPSA) is 37.3 Å². The number of carbonyl (C=O) groups excluding carboxylic acids is 1. The Labute approximate surface area is 133 Å². The van der Waals surface area contributed by atoms with Crippen molar-refractivity contribution in [3.8, 4) is 5.75 Å². The van der Waals surface area contributed by atoms with E-state index in [2.05, 4.69) is 48.5 Å². The number of aldehydes is 1. The summed E-state index contributed by atoms with van der Waals surface area (Å²) in [6.45, 7) is 14.6. The van der Waals surface area contributed by atoms with Crippen molar-refractivity contribution in [1.29, 1.82) is 0 Å². The highest BCUT2D eigenvalue weighted by molar-refractivity contribution is 8.00. The van der Waals surface area contributed by atoms with Gasteiger partial charge in [-0.2, -0.15) is 0 Å². The molecule has 1 atom stereocenters. The highest BCUT2D eigenvalue weighted by atomic mass is 32.2. The molecule has 1 unspecified atom stereocenters. The monoisotopic (exact) mass is 308 g/mol. The Morgan fingerprint density at radius 2 is 1.52 bits per heavy atom. The van der Waals surface area contributed by atoms with Gasteiger partial charge in [-0.3, -0.25) is 0 Å². The van der Waals surface area contributed by atoms with Gasteiger partial charge in [-0.1, -0.05) is 60.6 Å². The molecule has 1 N–H and O–H groups in total. The third-order valence-corrected chi connectivity index (χ3v) is 4.62. The summed E-state index contributed by atoms with van der Waals surface area (Å²) in [6, 6.07) is 3.98. The van der Waals surface area contributed by atoms with Gasteiger partial charge in [0.05, 0.1) is 5.25 Å². The average molecular weight is 308 g/mol. The molecule has 0 aromatic heterocycles. The molecule has 0 radical (unpaired) electrons. The molecule has 21 heavy (non-hydrogen) atoms. The molecule has 0 saturated heterocycles. The van der Waals surface area contributed by atoms with E-state index in [0.29, 0.717) is 5.75 Å². The van der Waals surface area contributed by atoms with E-state index in [-0.39, 0.29) is 16.1 Å². The molecule has 0 aliphatic carbocycles. The van der Waals surface area contributed by atoms with Crippen LogP contribution in [0.2, 0.25) is 0 Å². The molecule has 0 saturated carbocycles. The maximum atomic E-state index is 11.4. The van der Waals surface area contributed by atoms with Gasteiger partial charge in [0.2, 0.25) is 0 Å². The van der Waals surface area contributed by atoms with E-state index in [1.165, 1.54) is 0 Å². The molecular formula is C18H28O2S. The summed E-state index contributed by atoms with van der Waals surface area (Å²) >= 11 is 1.62. The number of hydrogen-bond acceptors (Lipinski definition) is 3. The second-order valence-corrected chi connectivity index (χ2v) is 8.90. The lowest BCUT2D eigenvalue weighted by atomic mass is 9.78. The summed E-state index contributed by atoms with van der Waals surface area (Å²) < 4.78 is 0. The Morgan fingerprint density at radius 3 is 1.81 bits per heavy atom. The van der Waals surface area contributed by atoms with Crippen molar-refractivity contribution in [1.82, 2.24) is 0 Å². The zero-order valence-electron chi connectivity index (χ0n) is 14.3. The minimum atomic E-state index is -0.169. The van der Waals surface area contributed by atoms with Crippen LogP contribution < -0.4 is 0 Å². The van der Waals surface area contributed by atoms with Crippen LogP contribution in [0.3, 0.4) is 0 Å². The van der Waals surface area contributed by atoms with Gasteiger partial charge in [0.25, 0.3) is 0 Å². The van der Waals surface area contributed by atoms with Crippen LogP contribution >= 0.6 is 11.8 Å². The van der Waals surface area contributed by atoms with Crippen LogP contribution in [0.4, 0.5) is 0 Å². The lowest BCUT2D eigenvalue weighted by Crippen LogP contribution is -2.18. The van der Waals surface area contributed by atoms with E-state index in [0.717, 1.165) is 28.7 Å². The Kier molecular flexibility index (Phi) is 5.54. The number of phenolic OH excluding ortho intramolecular Hbond substituents is 1. The predicted octanol–water partition coefficient (Wildman–Crippen LogP) is 4.98. The minimum Gasteiger partial charge on any atom is -0.507 e. The van der Waals surface area contributed by atoms with Crippen molar-refractivity contribution in [2.45, 2.75) is 64.5 Å². The summed E-state index contributed by atoms with van der Waals surface area (Å²) in [7, 11) is 0. The summed E-state index contributed by atoms with van der Waals surface area (Å²) in [5.74, 6) is 1.25. The molecule has 2 nitrogen and oxygen atoms in total. The van der Waals surface area contributed by atoms with Gasteiger partial charge in [0.15, 0.2) is 0 Å². The molecule has 1 aromatic carbocycles. The fourth-order valence-electron chi connectivity index (χ4n) is 2.36. The quantitative estimate of drug-likeness (QED) is 0.797. The fraction of sp³-hybridized carbons (Fsp3) is 0.611. The van der Waals surface area contributed by atoms with Gasteiger partial charge in [0.1, 0.15) is 12.0 Å². The molecule has 118 valence electrons. The highest BCUT2D eigenvalue weighted by Crippen LogP contribution is 2.42. The van der Waals surface area contributed by atoms with Crippen molar-refractivity contribution in [2.75, 3.05) is 5.75 Å². The van der Waals surface area contributed by atoms with Crippen molar-refractivity contribution < 1.29 is 9.90 Å². The summed E-state index contributed by atoms with van der Waals surface area (Å²) in [4.78, 5) is 11.4. The van der Waals surface area contributed by atoms with Crippen LogP contribution in [0.5, 0.6) is 5.75 Å². The lowest BCUT2D eigenvalue weighted by molar-refractivity contribution is -0.107. The zero-order valence-corrected chi connectivity index (χ0v) is 15.1. The van der Waals surface area contributed by atoms with E-state index in [1.54, 1.807) is 11.8 Å². The number of phenols is 1. The molecule has 0 spiro atoms. The molecule has 0 heterocycles. The van der Waals surface area contributed by atoms with Crippen molar-refractivity contribution in [3.05, 3.63) is 28.8 Å². The van der Waals surface area contributed by atoms with E-state index in [1.807, 2.05) is 12.1 Å². The van der Waals surface area contributed by atoms with Crippen LogP contribution in [0.25, 0.3) is 0 Å². The van der Waals surface area contributed by atoms with E-state index < -0.39 is 0 Å². The van der Waals surface area contributed by atoms with Gasteiger partial charge < -0.3 is 9.90 Å². The minimum absolute atomic E-state index is 0.162.